The van der Waals surface area contributed by atoms with E-state index in [0.29, 0.717) is 11.8 Å². The molecular weight excluding hydrogens is 299 g/mol. The van der Waals surface area contributed by atoms with Gasteiger partial charge in [-0.05, 0) is 74.1 Å². The van der Waals surface area contributed by atoms with E-state index < -0.39 is 17.5 Å². The molecule has 0 atom stereocenters. The van der Waals surface area contributed by atoms with Crippen LogP contribution in [-0.2, 0) is 6.42 Å². The molecule has 23 heavy (non-hydrogen) atoms. The Bertz CT molecular complexity index is 620. The number of hydrogen-bond donors (Lipinski definition) is 0. The zero-order chi connectivity index (χ0) is 16.7. The Labute approximate surface area is 135 Å². The van der Waals surface area contributed by atoms with Crippen molar-refractivity contribution in [2.45, 2.75) is 38.5 Å². The van der Waals surface area contributed by atoms with Crippen molar-refractivity contribution in [2.24, 2.45) is 11.8 Å². The molecule has 1 aromatic carbocycles. The number of benzene rings is 1. The summed E-state index contributed by atoms with van der Waals surface area (Å²) >= 11 is 0. The molecule has 1 aliphatic carbocycles. The number of nitriles is 1. The summed E-state index contributed by atoms with van der Waals surface area (Å²) in [5, 5.41) is 8.32. The number of allylic oxidation sites excluding steroid dienone is 4. The van der Waals surface area contributed by atoms with Gasteiger partial charge in [-0.3, -0.25) is 0 Å². The van der Waals surface area contributed by atoms with Gasteiger partial charge in [0.25, 0.3) is 0 Å². The predicted molar refractivity (Wildman–Crippen MR) is 84.1 cm³/mol. The lowest BCUT2D eigenvalue weighted by Crippen LogP contribution is -2.13. The number of rotatable bonds is 5. The molecule has 4 heteroatoms. The van der Waals surface area contributed by atoms with Crippen LogP contribution in [0, 0.1) is 34.8 Å². The second-order valence-corrected chi connectivity index (χ2v) is 6.08. The highest BCUT2D eigenvalue weighted by molar-refractivity contribution is 5.19. The number of nitrogens with zero attached hydrogens (tertiary/aromatic N) is 1. The number of hydrogen-bond acceptors (Lipinski definition) is 1. The molecule has 0 saturated heterocycles. The summed E-state index contributed by atoms with van der Waals surface area (Å²) in [6.45, 7) is 0. The summed E-state index contributed by atoms with van der Waals surface area (Å²) in [4.78, 5) is 0. The highest BCUT2D eigenvalue weighted by Gasteiger charge is 2.19. The standard InChI is InChI=1S/C19H20F3N/c20-17(13-23)3-1-2-14-4-6-15(7-5-14)8-9-16-10-11-18(21)19(22)12-16/h1-3,10-12,14-15H,4-9H2/b2-1+,17-3-/t14-,15-. The largest absolute Gasteiger partial charge is 0.204 e. The van der Waals surface area contributed by atoms with Crippen LogP contribution in [0.15, 0.2) is 42.3 Å². The average molecular weight is 319 g/mol. The van der Waals surface area contributed by atoms with Crippen molar-refractivity contribution in [3.05, 3.63) is 59.5 Å². The van der Waals surface area contributed by atoms with Crippen LogP contribution in [0.4, 0.5) is 13.2 Å². The minimum absolute atomic E-state index is 0.428. The van der Waals surface area contributed by atoms with Crippen LogP contribution < -0.4 is 0 Å². The van der Waals surface area contributed by atoms with Crippen molar-refractivity contribution in [1.29, 1.82) is 5.26 Å². The van der Waals surface area contributed by atoms with Crippen LogP contribution in [0.5, 0.6) is 0 Å². The molecule has 0 spiro atoms. The lowest BCUT2D eigenvalue weighted by Gasteiger charge is -2.26. The van der Waals surface area contributed by atoms with Gasteiger partial charge >= 0.3 is 0 Å². The quantitative estimate of drug-likeness (QED) is 0.509. The second kappa shape index (κ2) is 8.57. The van der Waals surface area contributed by atoms with Crippen LogP contribution >= 0.6 is 0 Å². The maximum atomic E-state index is 13.2. The van der Waals surface area contributed by atoms with E-state index in [1.165, 1.54) is 24.3 Å². The third-order valence-corrected chi connectivity index (χ3v) is 4.45. The first-order valence-corrected chi connectivity index (χ1v) is 7.96. The third-order valence-electron chi connectivity index (χ3n) is 4.45. The molecule has 0 unspecified atom stereocenters. The van der Waals surface area contributed by atoms with Gasteiger partial charge in [-0.25, -0.2) is 8.78 Å². The van der Waals surface area contributed by atoms with E-state index in [4.69, 9.17) is 5.26 Å². The molecule has 0 aliphatic heterocycles. The molecule has 0 radical (unpaired) electrons. The van der Waals surface area contributed by atoms with Crippen molar-refractivity contribution < 1.29 is 13.2 Å². The molecule has 0 bridgehead atoms. The minimum atomic E-state index is -0.803. The molecule has 0 heterocycles. The molecule has 2 rings (SSSR count). The van der Waals surface area contributed by atoms with Gasteiger partial charge in [0, 0.05) is 0 Å². The van der Waals surface area contributed by atoms with Crippen LogP contribution in [0.3, 0.4) is 0 Å². The Balaban J connectivity index is 1.74. The molecule has 1 aliphatic rings. The van der Waals surface area contributed by atoms with E-state index in [1.54, 1.807) is 12.1 Å². The summed E-state index contributed by atoms with van der Waals surface area (Å²) < 4.78 is 38.7. The predicted octanol–water partition coefficient (Wildman–Crippen LogP) is 5.64. The van der Waals surface area contributed by atoms with Gasteiger partial charge in [0.05, 0.1) is 0 Å². The van der Waals surface area contributed by atoms with Crippen LogP contribution in [-0.4, -0.2) is 0 Å². The van der Waals surface area contributed by atoms with Crippen LogP contribution in [0.25, 0.3) is 0 Å². The molecule has 1 nitrogen and oxygen atoms in total. The van der Waals surface area contributed by atoms with Gasteiger partial charge in [0.15, 0.2) is 17.5 Å². The molecule has 122 valence electrons. The van der Waals surface area contributed by atoms with Gasteiger partial charge in [-0.15, -0.1) is 0 Å². The normalized spacial score (nSPS) is 22.3. The Morgan fingerprint density at radius 1 is 1.17 bits per heavy atom. The van der Waals surface area contributed by atoms with E-state index >= 15 is 0 Å². The number of halogens is 3. The first kappa shape index (κ1) is 17.3. The van der Waals surface area contributed by atoms with Crippen molar-refractivity contribution in [2.75, 3.05) is 0 Å². The maximum Gasteiger partial charge on any atom is 0.199 e. The smallest absolute Gasteiger partial charge is 0.199 e. The van der Waals surface area contributed by atoms with Gasteiger partial charge < -0.3 is 0 Å². The third kappa shape index (κ3) is 5.59. The highest BCUT2D eigenvalue weighted by Crippen LogP contribution is 2.32. The molecular formula is C19H20F3N. The summed E-state index contributed by atoms with van der Waals surface area (Å²) in [6.07, 6.45) is 10.8. The fraction of sp³-hybridized carbons (Fsp3) is 0.421. The molecule has 0 N–H and O–H groups in total. The van der Waals surface area contributed by atoms with Crippen molar-refractivity contribution in [3.8, 4) is 6.07 Å². The zero-order valence-electron chi connectivity index (χ0n) is 12.9. The lowest BCUT2D eigenvalue weighted by atomic mass is 9.79. The summed E-state index contributed by atoms with van der Waals surface area (Å²) in [6, 6.07) is 5.54. The Kier molecular flexibility index (Phi) is 6.46. The minimum Gasteiger partial charge on any atom is -0.204 e. The molecule has 1 saturated carbocycles. The van der Waals surface area contributed by atoms with Gasteiger partial charge in [-0.1, -0.05) is 18.2 Å². The Morgan fingerprint density at radius 2 is 1.91 bits per heavy atom. The first-order chi connectivity index (χ1) is 11.1. The van der Waals surface area contributed by atoms with Gasteiger partial charge in [-0.2, -0.15) is 9.65 Å². The molecule has 1 aromatic rings. The Morgan fingerprint density at radius 3 is 2.57 bits per heavy atom. The zero-order valence-corrected chi connectivity index (χ0v) is 12.9. The number of aryl methyl sites for hydroxylation is 1. The SMILES string of the molecule is N#C/C(F)=C/C=C/[C@H]1CC[C@H](CCc2ccc(F)c(F)c2)CC1. The summed E-state index contributed by atoms with van der Waals surface area (Å²) in [5.41, 5.74) is 0.836. The fourth-order valence-corrected chi connectivity index (χ4v) is 3.07. The fourth-order valence-electron chi connectivity index (χ4n) is 3.07. The van der Waals surface area contributed by atoms with E-state index in [9.17, 15) is 13.2 Å². The first-order valence-electron chi connectivity index (χ1n) is 7.96. The summed E-state index contributed by atoms with van der Waals surface area (Å²) in [5.74, 6) is -1.34. The van der Waals surface area contributed by atoms with E-state index in [0.717, 1.165) is 44.1 Å². The van der Waals surface area contributed by atoms with E-state index in [2.05, 4.69) is 0 Å². The van der Waals surface area contributed by atoms with Crippen molar-refractivity contribution in [3.63, 3.8) is 0 Å². The highest BCUT2D eigenvalue weighted by atomic mass is 19.2. The van der Waals surface area contributed by atoms with E-state index in [-0.39, 0.29) is 0 Å². The maximum absolute atomic E-state index is 13.2. The van der Waals surface area contributed by atoms with E-state index in [1.807, 2.05) is 6.08 Å². The van der Waals surface area contributed by atoms with Gasteiger partial charge in [0.2, 0.25) is 0 Å². The van der Waals surface area contributed by atoms with Gasteiger partial charge in [0.1, 0.15) is 6.07 Å². The second-order valence-electron chi connectivity index (χ2n) is 6.08. The monoisotopic (exact) mass is 319 g/mol. The molecule has 0 amide bonds. The topological polar surface area (TPSA) is 23.8 Å². The average Bonchev–Trinajstić information content (AvgIpc) is 2.57. The van der Waals surface area contributed by atoms with Crippen LogP contribution in [0.1, 0.15) is 37.7 Å². The molecule has 1 fully saturated rings. The van der Waals surface area contributed by atoms with Crippen molar-refractivity contribution in [1.82, 2.24) is 0 Å². The van der Waals surface area contributed by atoms with Crippen molar-refractivity contribution >= 4 is 0 Å². The Hall–Kier alpha value is -2.02. The lowest BCUT2D eigenvalue weighted by molar-refractivity contribution is 0.296. The van der Waals surface area contributed by atoms with Crippen LogP contribution in [0.2, 0.25) is 0 Å². The molecule has 0 aromatic heterocycles. The summed E-state index contributed by atoms with van der Waals surface area (Å²) in [7, 11) is 0.